The maximum Gasteiger partial charge on any atom is 0.248 e. The summed E-state index contributed by atoms with van der Waals surface area (Å²) >= 11 is 0. The highest BCUT2D eigenvalue weighted by atomic mass is 16.3. The fourth-order valence-corrected chi connectivity index (χ4v) is 7.73. The summed E-state index contributed by atoms with van der Waals surface area (Å²) in [6.45, 7) is 0. The molecular formula is C44H26N4O. The second-order valence-electron chi connectivity index (χ2n) is 12.7. The largest absolute Gasteiger partial charge is 0.436 e. The van der Waals surface area contributed by atoms with Crippen molar-refractivity contribution in [3.63, 3.8) is 0 Å². The van der Waals surface area contributed by atoms with Crippen molar-refractivity contribution >= 4 is 76.6 Å². The van der Waals surface area contributed by atoms with E-state index in [2.05, 4.69) is 155 Å². The number of benzene rings is 7. The first-order valence-electron chi connectivity index (χ1n) is 16.5. The lowest BCUT2D eigenvalue weighted by atomic mass is 10.0. The van der Waals surface area contributed by atoms with Crippen molar-refractivity contribution in [2.45, 2.75) is 0 Å². The number of aromatic nitrogens is 4. The molecule has 0 aliphatic heterocycles. The number of furan rings is 1. The number of fused-ring (bicyclic) bond motifs is 10. The fourth-order valence-electron chi connectivity index (χ4n) is 7.73. The maximum absolute atomic E-state index is 6.31. The predicted molar refractivity (Wildman–Crippen MR) is 201 cm³/mol. The van der Waals surface area contributed by atoms with Crippen LogP contribution in [0, 0.1) is 0 Å². The molecule has 4 heterocycles. The van der Waals surface area contributed by atoms with Crippen molar-refractivity contribution in [1.29, 1.82) is 0 Å². The van der Waals surface area contributed by atoms with Crippen LogP contribution in [-0.2, 0) is 0 Å². The lowest BCUT2D eigenvalue weighted by molar-refractivity contribution is 0.652. The molecule has 0 spiro atoms. The molecule has 7 aromatic carbocycles. The van der Waals surface area contributed by atoms with Gasteiger partial charge in [-0.15, -0.1) is 0 Å². The first-order valence-corrected chi connectivity index (χ1v) is 16.5. The van der Waals surface area contributed by atoms with Gasteiger partial charge in [0.1, 0.15) is 11.1 Å². The molecule has 11 rings (SSSR count). The van der Waals surface area contributed by atoms with E-state index < -0.39 is 0 Å². The summed E-state index contributed by atoms with van der Waals surface area (Å²) in [7, 11) is 0. The van der Waals surface area contributed by atoms with E-state index in [1.165, 1.54) is 38.3 Å². The number of rotatable bonds is 3. The van der Waals surface area contributed by atoms with E-state index >= 15 is 0 Å². The molecule has 0 atom stereocenters. The van der Waals surface area contributed by atoms with Crippen LogP contribution in [0.1, 0.15) is 0 Å². The van der Waals surface area contributed by atoms with Gasteiger partial charge in [0.25, 0.3) is 0 Å². The van der Waals surface area contributed by atoms with E-state index in [-0.39, 0.29) is 0 Å². The average Bonchev–Trinajstić information content (AvgIpc) is 3.80. The normalized spacial score (nSPS) is 12.1. The molecule has 0 unspecified atom stereocenters. The van der Waals surface area contributed by atoms with Crippen molar-refractivity contribution < 1.29 is 4.42 Å². The minimum atomic E-state index is 0.535. The Morgan fingerprint density at radius 3 is 1.73 bits per heavy atom. The van der Waals surface area contributed by atoms with Crippen LogP contribution in [0.25, 0.3) is 99.2 Å². The van der Waals surface area contributed by atoms with Crippen LogP contribution in [0.15, 0.2) is 162 Å². The van der Waals surface area contributed by atoms with Gasteiger partial charge in [0.15, 0.2) is 5.82 Å². The van der Waals surface area contributed by atoms with Crippen molar-refractivity contribution in [3.8, 4) is 22.6 Å². The predicted octanol–water partition coefficient (Wildman–Crippen LogP) is 11.4. The highest BCUT2D eigenvalue weighted by Gasteiger charge is 2.18. The van der Waals surface area contributed by atoms with Crippen molar-refractivity contribution in [1.82, 2.24) is 19.1 Å². The second-order valence-corrected chi connectivity index (χ2v) is 12.7. The molecule has 49 heavy (non-hydrogen) atoms. The molecule has 0 aliphatic carbocycles. The van der Waals surface area contributed by atoms with Gasteiger partial charge in [-0.1, -0.05) is 91.0 Å². The van der Waals surface area contributed by atoms with Crippen LogP contribution in [0.5, 0.6) is 0 Å². The Balaban J connectivity index is 1.09. The smallest absolute Gasteiger partial charge is 0.248 e. The van der Waals surface area contributed by atoms with Gasteiger partial charge in [0.2, 0.25) is 5.71 Å². The fraction of sp³-hybridized carbons (Fsp3) is 0. The summed E-state index contributed by atoms with van der Waals surface area (Å²) < 4.78 is 10.9. The third-order valence-electron chi connectivity index (χ3n) is 9.96. The Labute approximate surface area is 279 Å². The third-order valence-corrected chi connectivity index (χ3v) is 9.96. The van der Waals surface area contributed by atoms with Crippen LogP contribution < -0.4 is 0 Å². The molecule has 5 nitrogen and oxygen atoms in total. The maximum atomic E-state index is 6.31. The SMILES string of the molecule is c1ccc(-n2c3ccccc3c3cc(-c4ccc5c(c4)c4ccccc4n5-c4cnc5c(n4)oc4cc6ccccc6cc45)ccc32)cc1. The Bertz CT molecular complexity index is 3110. The van der Waals surface area contributed by atoms with Crippen molar-refractivity contribution in [2.75, 3.05) is 0 Å². The Hall–Kier alpha value is -6.72. The van der Waals surface area contributed by atoms with Gasteiger partial charge < -0.3 is 8.98 Å². The number of para-hydroxylation sites is 3. The van der Waals surface area contributed by atoms with Crippen LogP contribution >= 0.6 is 0 Å². The molecule has 228 valence electrons. The summed E-state index contributed by atoms with van der Waals surface area (Å²) in [5.74, 6) is 0.727. The van der Waals surface area contributed by atoms with E-state index in [4.69, 9.17) is 14.4 Å². The standard InChI is InChI=1S/C44H26N4O/c1-2-12-31(13-3-1)47-37-16-8-6-14-32(37)34-22-29(18-20-39(34)47)30-19-21-40-35(23-30)33-15-7-9-17-38(33)48(40)42-26-45-43-36-24-27-10-4-5-11-28(27)25-41(36)49-44(43)46-42/h1-26H. The molecule has 0 bridgehead atoms. The van der Waals surface area contributed by atoms with E-state index in [1.807, 2.05) is 12.3 Å². The van der Waals surface area contributed by atoms with E-state index in [0.717, 1.165) is 55.2 Å². The zero-order valence-corrected chi connectivity index (χ0v) is 26.2. The first kappa shape index (κ1) is 26.4. The summed E-state index contributed by atoms with van der Waals surface area (Å²) in [6, 6.07) is 53.9. The van der Waals surface area contributed by atoms with Gasteiger partial charge in [0, 0.05) is 32.6 Å². The highest BCUT2D eigenvalue weighted by Crippen LogP contribution is 2.38. The first-order chi connectivity index (χ1) is 24.3. The van der Waals surface area contributed by atoms with Crippen molar-refractivity contribution in [3.05, 3.63) is 158 Å². The molecule has 0 aliphatic rings. The summed E-state index contributed by atoms with van der Waals surface area (Å²) in [5, 5.41) is 8.08. The molecule has 5 heteroatoms. The van der Waals surface area contributed by atoms with Gasteiger partial charge in [-0.25, -0.2) is 4.98 Å². The number of nitrogens with zero attached hydrogens (tertiary/aromatic N) is 4. The Morgan fingerprint density at radius 2 is 1.02 bits per heavy atom. The molecular weight excluding hydrogens is 601 g/mol. The minimum Gasteiger partial charge on any atom is -0.436 e. The quantitative estimate of drug-likeness (QED) is 0.196. The van der Waals surface area contributed by atoms with Crippen LogP contribution in [0.3, 0.4) is 0 Å². The molecule has 0 saturated carbocycles. The zero-order valence-electron chi connectivity index (χ0n) is 26.2. The zero-order chi connectivity index (χ0) is 32.1. The van der Waals surface area contributed by atoms with Crippen LogP contribution in [0.4, 0.5) is 0 Å². The van der Waals surface area contributed by atoms with Gasteiger partial charge in [-0.2, -0.15) is 4.98 Å². The highest BCUT2D eigenvalue weighted by molar-refractivity contribution is 6.13. The molecule has 4 aromatic heterocycles. The van der Waals surface area contributed by atoms with Gasteiger partial charge in [-0.3, -0.25) is 4.57 Å². The third kappa shape index (κ3) is 3.81. The summed E-state index contributed by atoms with van der Waals surface area (Å²) in [5.41, 5.74) is 10.2. The van der Waals surface area contributed by atoms with Gasteiger partial charge in [0.05, 0.1) is 28.3 Å². The lowest BCUT2D eigenvalue weighted by Gasteiger charge is -2.09. The van der Waals surface area contributed by atoms with E-state index in [9.17, 15) is 0 Å². The topological polar surface area (TPSA) is 48.8 Å². The number of hydrogen-bond acceptors (Lipinski definition) is 3. The molecule has 0 saturated heterocycles. The minimum absolute atomic E-state index is 0.535. The van der Waals surface area contributed by atoms with Gasteiger partial charge >= 0.3 is 0 Å². The summed E-state index contributed by atoms with van der Waals surface area (Å²) in [4.78, 5) is 9.96. The molecule has 11 aromatic rings. The lowest BCUT2D eigenvalue weighted by Crippen LogP contribution is -1.98. The molecule has 0 amide bonds. The number of hydrogen-bond donors (Lipinski definition) is 0. The van der Waals surface area contributed by atoms with Gasteiger partial charge in [-0.05, 0) is 82.6 Å². The van der Waals surface area contributed by atoms with E-state index in [1.54, 1.807) is 0 Å². The van der Waals surface area contributed by atoms with Crippen LogP contribution in [0.2, 0.25) is 0 Å². The molecule has 0 radical (unpaired) electrons. The Morgan fingerprint density at radius 1 is 0.449 bits per heavy atom. The molecule has 0 N–H and O–H groups in total. The van der Waals surface area contributed by atoms with Crippen molar-refractivity contribution in [2.24, 2.45) is 0 Å². The monoisotopic (exact) mass is 626 g/mol. The molecule has 0 fully saturated rings. The second kappa shape index (κ2) is 9.89. The average molecular weight is 627 g/mol. The van der Waals surface area contributed by atoms with E-state index in [0.29, 0.717) is 5.71 Å². The van der Waals surface area contributed by atoms with Crippen LogP contribution in [-0.4, -0.2) is 19.1 Å². The Kier molecular flexibility index (Phi) is 5.32. The summed E-state index contributed by atoms with van der Waals surface area (Å²) in [6.07, 6.45) is 1.86.